The lowest BCUT2D eigenvalue weighted by Gasteiger charge is -2.37. The Labute approximate surface area is 124 Å². The summed E-state index contributed by atoms with van der Waals surface area (Å²) in [5.74, 6) is 0.921. The molecule has 1 saturated heterocycles. The fraction of sp³-hybridized carbons (Fsp3) is 0.667. The predicted molar refractivity (Wildman–Crippen MR) is 87.2 cm³/mol. The summed E-state index contributed by atoms with van der Waals surface area (Å²) in [5.41, 5.74) is 4.32. The molecule has 1 heterocycles. The van der Waals surface area contributed by atoms with Gasteiger partial charge in [0.25, 0.3) is 0 Å². The van der Waals surface area contributed by atoms with Crippen LogP contribution in [-0.4, -0.2) is 31.6 Å². The van der Waals surface area contributed by atoms with Crippen molar-refractivity contribution in [1.29, 1.82) is 0 Å². The molecule has 20 heavy (non-hydrogen) atoms. The van der Waals surface area contributed by atoms with E-state index in [1.165, 1.54) is 49.0 Å². The maximum atomic E-state index is 3.27. The molecule has 0 spiro atoms. The topological polar surface area (TPSA) is 15.3 Å². The first kappa shape index (κ1) is 15.5. The Morgan fingerprint density at radius 2 is 1.95 bits per heavy atom. The maximum absolute atomic E-state index is 3.27. The van der Waals surface area contributed by atoms with Gasteiger partial charge in [-0.2, -0.15) is 0 Å². The third kappa shape index (κ3) is 3.83. The van der Waals surface area contributed by atoms with Gasteiger partial charge in [-0.3, -0.25) is 4.90 Å². The summed E-state index contributed by atoms with van der Waals surface area (Å²) in [4.78, 5) is 2.66. The summed E-state index contributed by atoms with van der Waals surface area (Å²) in [6.07, 6.45) is 4.05. The average Bonchev–Trinajstić information content (AvgIpc) is 2.47. The first-order chi connectivity index (χ1) is 9.61. The molecule has 1 unspecified atom stereocenters. The molecular weight excluding hydrogens is 244 g/mol. The lowest BCUT2D eigenvalue weighted by molar-refractivity contribution is 0.137. The lowest BCUT2D eigenvalue weighted by Crippen LogP contribution is -2.36. The minimum atomic E-state index is 0.556. The highest BCUT2D eigenvalue weighted by atomic mass is 15.2. The summed E-state index contributed by atoms with van der Waals surface area (Å²) in [5, 5.41) is 3.27. The number of hydrogen-bond acceptors (Lipinski definition) is 2. The zero-order chi connectivity index (χ0) is 14.5. The van der Waals surface area contributed by atoms with E-state index < -0.39 is 0 Å². The van der Waals surface area contributed by atoms with Gasteiger partial charge in [0, 0.05) is 6.04 Å². The quantitative estimate of drug-likeness (QED) is 0.881. The Kier molecular flexibility index (Phi) is 5.62. The fourth-order valence-electron chi connectivity index (χ4n) is 3.38. The largest absolute Gasteiger partial charge is 0.320 e. The Hall–Kier alpha value is -0.860. The van der Waals surface area contributed by atoms with Crippen LogP contribution in [0.25, 0.3) is 0 Å². The molecule has 0 aromatic heterocycles. The second-order valence-corrected chi connectivity index (χ2v) is 6.41. The highest BCUT2D eigenvalue weighted by molar-refractivity contribution is 5.32. The smallest absolute Gasteiger partial charge is 0.0322 e. The van der Waals surface area contributed by atoms with Gasteiger partial charge in [0.2, 0.25) is 0 Å². The Morgan fingerprint density at radius 1 is 1.25 bits per heavy atom. The van der Waals surface area contributed by atoms with Crippen LogP contribution in [-0.2, 0) is 0 Å². The summed E-state index contributed by atoms with van der Waals surface area (Å²) < 4.78 is 0. The van der Waals surface area contributed by atoms with Crippen LogP contribution in [0.3, 0.4) is 0 Å². The van der Waals surface area contributed by atoms with Crippen LogP contribution in [0, 0.1) is 19.8 Å². The highest BCUT2D eigenvalue weighted by Crippen LogP contribution is 2.29. The van der Waals surface area contributed by atoms with Crippen molar-refractivity contribution in [3.8, 4) is 0 Å². The molecular formula is C18H30N2. The van der Waals surface area contributed by atoms with Crippen molar-refractivity contribution in [1.82, 2.24) is 10.2 Å². The first-order valence-electron chi connectivity index (χ1n) is 8.07. The van der Waals surface area contributed by atoms with Crippen LogP contribution < -0.4 is 5.32 Å². The van der Waals surface area contributed by atoms with E-state index in [1.54, 1.807) is 0 Å². The van der Waals surface area contributed by atoms with Gasteiger partial charge in [0.05, 0.1) is 0 Å². The van der Waals surface area contributed by atoms with Crippen molar-refractivity contribution in [2.45, 2.75) is 46.1 Å². The Morgan fingerprint density at radius 3 is 2.60 bits per heavy atom. The number of rotatable bonds is 5. The second kappa shape index (κ2) is 7.24. The van der Waals surface area contributed by atoms with Gasteiger partial charge in [-0.15, -0.1) is 0 Å². The van der Waals surface area contributed by atoms with Gasteiger partial charge >= 0.3 is 0 Å². The summed E-state index contributed by atoms with van der Waals surface area (Å²) in [6, 6.07) is 7.41. The number of likely N-dealkylation sites (tertiary alicyclic amines) is 1. The van der Waals surface area contributed by atoms with Crippen LogP contribution in [0.4, 0.5) is 0 Å². The number of nitrogens with zero attached hydrogens (tertiary/aromatic N) is 1. The fourth-order valence-corrected chi connectivity index (χ4v) is 3.38. The zero-order valence-electron chi connectivity index (χ0n) is 13.6. The van der Waals surface area contributed by atoms with Gasteiger partial charge < -0.3 is 5.32 Å². The minimum Gasteiger partial charge on any atom is -0.320 e. The summed E-state index contributed by atoms with van der Waals surface area (Å²) in [7, 11) is 2.05. The van der Waals surface area contributed by atoms with Crippen LogP contribution in [0.15, 0.2) is 18.2 Å². The molecule has 0 saturated carbocycles. The maximum Gasteiger partial charge on any atom is 0.0322 e. The highest BCUT2D eigenvalue weighted by Gasteiger charge is 2.23. The minimum absolute atomic E-state index is 0.556. The van der Waals surface area contributed by atoms with Gasteiger partial charge in [0.1, 0.15) is 0 Å². The summed E-state index contributed by atoms with van der Waals surface area (Å²) in [6.45, 7) is 10.5. The van der Waals surface area contributed by atoms with E-state index in [0.717, 1.165) is 12.5 Å². The Balaban J connectivity index is 1.94. The van der Waals surface area contributed by atoms with E-state index in [1.807, 2.05) is 0 Å². The molecule has 0 radical (unpaired) electrons. The van der Waals surface area contributed by atoms with Gasteiger partial charge in [-0.25, -0.2) is 0 Å². The molecule has 1 aromatic rings. The number of benzene rings is 1. The van der Waals surface area contributed by atoms with Crippen molar-refractivity contribution >= 4 is 0 Å². The molecule has 1 aliphatic rings. The van der Waals surface area contributed by atoms with Crippen LogP contribution >= 0.6 is 0 Å². The molecule has 1 atom stereocenters. The lowest BCUT2D eigenvalue weighted by atomic mass is 9.91. The van der Waals surface area contributed by atoms with E-state index in [4.69, 9.17) is 0 Å². The molecule has 1 fully saturated rings. The van der Waals surface area contributed by atoms with E-state index in [2.05, 4.69) is 56.2 Å². The van der Waals surface area contributed by atoms with Crippen molar-refractivity contribution in [3.63, 3.8) is 0 Å². The number of nitrogens with one attached hydrogen (secondary N) is 1. The Bertz CT molecular complexity index is 419. The molecule has 1 aliphatic heterocycles. The number of hydrogen-bond donors (Lipinski definition) is 1. The van der Waals surface area contributed by atoms with Crippen LogP contribution in [0.1, 0.15) is 48.9 Å². The number of aryl methyl sites for hydroxylation is 2. The van der Waals surface area contributed by atoms with Crippen LogP contribution in [0.2, 0.25) is 0 Å². The second-order valence-electron chi connectivity index (χ2n) is 6.41. The zero-order valence-corrected chi connectivity index (χ0v) is 13.6. The molecule has 2 heteroatoms. The van der Waals surface area contributed by atoms with E-state index in [9.17, 15) is 0 Å². The summed E-state index contributed by atoms with van der Waals surface area (Å²) >= 11 is 0. The van der Waals surface area contributed by atoms with E-state index >= 15 is 0 Å². The SMILES string of the molecule is CNCCC1CCN(C(C)c2cc(C)ccc2C)CC1. The van der Waals surface area contributed by atoms with Gasteiger partial charge in [-0.05, 0) is 83.8 Å². The third-order valence-corrected chi connectivity index (χ3v) is 4.88. The van der Waals surface area contributed by atoms with Crippen molar-refractivity contribution in [3.05, 3.63) is 34.9 Å². The molecule has 0 bridgehead atoms. The molecule has 1 aromatic carbocycles. The number of piperidine rings is 1. The average molecular weight is 274 g/mol. The molecule has 1 N–H and O–H groups in total. The predicted octanol–water partition coefficient (Wildman–Crippen LogP) is 3.69. The van der Waals surface area contributed by atoms with Gasteiger partial charge in [0.15, 0.2) is 0 Å². The molecule has 112 valence electrons. The van der Waals surface area contributed by atoms with Gasteiger partial charge in [-0.1, -0.05) is 23.8 Å². The van der Waals surface area contributed by atoms with E-state index in [-0.39, 0.29) is 0 Å². The molecule has 0 amide bonds. The standard InChI is InChI=1S/C18H30N2/c1-14-5-6-15(2)18(13-14)16(3)20-11-8-17(9-12-20)7-10-19-4/h5-6,13,16-17,19H,7-12H2,1-4H3. The van der Waals surface area contributed by atoms with Crippen LogP contribution in [0.5, 0.6) is 0 Å². The molecule has 2 rings (SSSR count). The normalized spacial score (nSPS) is 19.2. The van der Waals surface area contributed by atoms with Crippen molar-refractivity contribution in [2.75, 3.05) is 26.7 Å². The first-order valence-corrected chi connectivity index (χ1v) is 8.07. The van der Waals surface area contributed by atoms with E-state index in [0.29, 0.717) is 6.04 Å². The molecule has 0 aliphatic carbocycles. The third-order valence-electron chi connectivity index (χ3n) is 4.88. The molecule has 2 nitrogen and oxygen atoms in total. The monoisotopic (exact) mass is 274 g/mol. The van der Waals surface area contributed by atoms with Crippen molar-refractivity contribution in [2.24, 2.45) is 5.92 Å². The van der Waals surface area contributed by atoms with Crippen molar-refractivity contribution < 1.29 is 0 Å².